The fraction of sp³-hybridized carbons (Fsp3) is 0.652. The number of fused-ring (bicyclic) bond motifs is 1. The van der Waals surface area contributed by atoms with E-state index in [0.717, 1.165) is 31.0 Å². The number of nitrogens with zero attached hydrogens (tertiary/aromatic N) is 4. The minimum absolute atomic E-state index is 0.0840. The first-order valence-electron chi connectivity index (χ1n) is 11.5. The lowest BCUT2D eigenvalue weighted by atomic mass is 10.0. The second-order valence-electron chi connectivity index (χ2n) is 9.27. The van der Waals surface area contributed by atoms with Gasteiger partial charge in [0, 0.05) is 35.5 Å². The van der Waals surface area contributed by atoms with Crippen molar-refractivity contribution in [2.75, 3.05) is 18.8 Å². The molecular formula is C23H30F5N5. The van der Waals surface area contributed by atoms with Crippen LogP contribution >= 0.6 is 0 Å². The summed E-state index contributed by atoms with van der Waals surface area (Å²) in [5.74, 6) is 0.485. The van der Waals surface area contributed by atoms with Gasteiger partial charge in [-0.15, -0.1) is 0 Å². The lowest BCUT2D eigenvalue weighted by molar-refractivity contribution is -0.137. The van der Waals surface area contributed by atoms with Crippen LogP contribution in [0.25, 0.3) is 11.3 Å². The first-order chi connectivity index (χ1) is 15.5. The van der Waals surface area contributed by atoms with Crippen LogP contribution in [-0.4, -0.2) is 45.2 Å². The zero-order valence-corrected chi connectivity index (χ0v) is 19.0. The van der Waals surface area contributed by atoms with Gasteiger partial charge in [0.2, 0.25) is 0 Å². The summed E-state index contributed by atoms with van der Waals surface area (Å²) in [7, 11) is 0. The summed E-state index contributed by atoms with van der Waals surface area (Å²) < 4.78 is 67.7. The fourth-order valence-electron chi connectivity index (χ4n) is 5.43. The van der Waals surface area contributed by atoms with Crippen LogP contribution in [-0.2, 0) is 6.18 Å². The highest BCUT2D eigenvalue weighted by molar-refractivity contribution is 5.63. The van der Waals surface area contributed by atoms with Gasteiger partial charge >= 0.3 is 6.18 Å². The summed E-state index contributed by atoms with van der Waals surface area (Å²) in [4.78, 5) is 5.61. The quantitative estimate of drug-likeness (QED) is 0.510. The Bertz CT molecular complexity index is 976. The zero-order valence-electron chi connectivity index (χ0n) is 19.0. The summed E-state index contributed by atoms with van der Waals surface area (Å²) in [5.41, 5.74) is 6.21. The molecule has 0 saturated heterocycles. The van der Waals surface area contributed by atoms with Crippen molar-refractivity contribution in [3.8, 4) is 11.3 Å². The van der Waals surface area contributed by atoms with E-state index in [9.17, 15) is 22.0 Å². The molecule has 182 valence electrons. The fourth-order valence-corrected chi connectivity index (χ4v) is 5.43. The molecule has 10 heteroatoms. The Labute approximate surface area is 190 Å². The highest BCUT2D eigenvalue weighted by Gasteiger charge is 2.58. The van der Waals surface area contributed by atoms with Crippen LogP contribution in [0.3, 0.4) is 0 Å². The average Bonchev–Trinajstić information content (AvgIpc) is 3.09. The molecule has 0 radical (unpaired) electrons. The maximum absolute atomic E-state index is 13.3. The van der Waals surface area contributed by atoms with Gasteiger partial charge in [0.05, 0.1) is 17.8 Å². The number of rotatable bonds is 8. The molecule has 0 aliphatic heterocycles. The summed E-state index contributed by atoms with van der Waals surface area (Å²) >= 11 is 0. The van der Waals surface area contributed by atoms with Crippen LogP contribution in [0, 0.1) is 11.8 Å². The van der Waals surface area contributed by atoms with E-state index in [0.29, 0.717) is 24.1 Å². The van der Waals surface area contributed by atoms with E-state index < -0.39 is 24.0 Å². The maximum Gasteiger partial charge on any atom is 0.419 e. The summed E-state index contributed by atoms with van der Waals surface area (Å²) in [5, 5.41) is 4.66. The number of halogens is 5. The maximum atomic E-state index is 13.3. The molecule has 0 amide bonds. The van der Waals surface area contributed by atoms with E-state index in [1.807, 2.05) is 36.4 Å². The molecule has 2 N–H and O–H groups in total. The van der Waals surface area contributed by atoms with E-state index in [1.54, 1.807) is 0 Å². The van der Waals surface area contributed by atoms with Crippen LogP contribution in [0.2, 0.25) is 0 Å². The van der Waals surface area contributed by atoms with Crippen molar-refractivity contribution in [1.29, 1.82) is 0 Å². The van der Waals surface area contributed by atoms with E-state index in [4.69, 9.17) is 5.73 Å². The molecule has 2 aromatic heterocycles. The Balaban J connectivity index is 1.59. The largest absolute Gasteiger partial charge is 0.419 e. The van der Waals surface area contributed by atoms with Crippen molar-refractivity contribution >= 4 is 5.82 Å². The third kappa shape index (κ3) is 4.58. The summed E-state index contributed by atoms with van der Waals surface area (Å²) in [6.07, 6.45) is -3.07. The highest BCUT2D eigenvalue weighted by atomic mass is 19.4. The van der Waals surface area contributed by atoms with Crippen LogP contribution in [0.15, 0.2) is 18.3 Å². The van der Waals surface area contributed by atoms with Gasteiger partial charge in [-0.05, 0) is 56.7 Å². The second kappa shape index (κ2) is 8.85. The number of nitrogens with two attached hydrogens (primary N) is 1. The van der Waals surface area contributed by atoms with Gasteiger partial charge in [0.25, 0.3) is 6.43 Å². The number of pyridine rings is 1. The highest BCUT2D eigenvalue weighted by Crippen LogP contribution is 2.64. The van der Waals surface area contributed by atoms with Crippen molar-refractivity contribution in [2.45, 2.75) is 70.6 Å². The van der Waals surface area contributed by atoms with Crippen molar-refractivity contribution in [3.63, 3.8) is 0 Å². The van der Waals surface area contributed by atoms with Gasteiger partial charge in [-0.25, -0.2) is 13.8 Å². The Morgan fingerprint density at radius 1 is 1.18 bits per heavy atom. The Hall–Kier alpha value is -2.23. The lowest BCUT2D eigenvalue weighted by Gasteiger charge is -2.29. The average molecular weight is 472 g/mol. The van der Waals surface area contributed by atoms with Gasteiger partial charge in [0.1, 0.15) is 5.82 Å². The molecule has 0 spiro atoms. The third-order valence-electron chi connectivity index (χ3n) is 7.35. The monoisotopic (exact) mass is 471 g/mol. The number of nitrogen functional groups attached to an aromatic ring is 1. The molecule has 2 heterocycles. The minimum atomic E-state index is -4.60. The van der Waals surface area contributed by atoms with E-state index in [-0.39, 0.29) is 30.1 Å². The number of hydrogen-bond acceptors (Lipinski definition) is 4. The van der Waals surface area contributed by atoms with Crippen LogP contribution < -0.4 is 5.73 Å². The normalized spacial score (nSPS) is 25.6. The molecule has 2 aromatic rings. The molecule has 2 aliphatic carbocycles. The van der Waals surface area contributed by atoms with Gasteiger partial charge in [0.15, 0.2) is 0 Å². The summed E-state index contributed by atoms with van der Waals surface area (Å²) in [6.45, 7) is 6.37. The van der Waals surface area contributed by atoms with E-state index in [2.05, 4.69) is 10.1 Å². The smallest absolute Gasteiger partial charge is 0.383 e. The predicted molar refractivity (Wildman–Crippen MR) is 116 cm³/mol. The third-order valence-corrected chi connectivity index (χ3v) is 7.35. The molecule has 5 nitrogen and oxygen atoms in total. The Morgan fingerprint density at radius 2 is 1.85 bits per heavy atom. The summed E-state index contributed by atoms with van der Waals surface area (Å²) in [6, 6.07) is 3.11. The second-order valence-corrected chi connectivity index (χ2v) is 9.27. The number of alkyl halides is 5. The molecule has 0 bridgehead atoms. The Kier molecular flexibility index (Phi) is 6.41. The number of aromatic nitrogens is 3. The predicted octanol–water partition coefficient (Wildman–Crippen LogP) is 5.60. The standard InChI is InChI=1S/C23H30F5N5/c1-4-12(3)33-19(21-15-7-14(8-16(15)21)32(5-2)11-20(24)25)9-18(31-33)13-6-17(23(26,27)28)22(29)30-10-13/h6,9-10,12,14-16,20-21H,4-5,7-8,11H2,1-3H3,(H2,29,30). The van der Waals surface area contributed by atoms with Gasteiger partial charge in [-0.3, -0.25) is 9.58 Å². The van der Waals surface area contributed by atoms with Crippen LogP contribution in [0.1, 0.15) is 63.3 Å². The molecule has 2 saturated carbocycles. The molecule has 33 heavy (non-hydrogen) atoms. The van der Waals surface area contributed by atoms with E-state index in [1.165, 1.54) is 6.20 Å². The minimum Gasteiger partial charge on any atom is -0.383 e. The van der Waals surface area contributed by atoms with E-state index >= 15 is 0 Å². The molecule has 2 fully saturated rings. The van der Waals surface area contributed by atoms with Gasteiger partial charge < -0.3 is 5.73 Å². The van der Waals surface area contributed by atoms with Crippen LogP contribution in [0.5, 0.6) is 0 Å². The first kappa shape index (κ1) is 23.9. The first-order valence-corrected chi connectivity index (χ1v) is 11.5. The van der Waals surface area contributed by atoms with Gasteiger partial charge in [-0.1, -0.05) is 13.8 Å². The molecule has 2 aliphatic rings. The van der Waals surface area contributed by atoms with Crippen molar-refractivity contribution in [2.24, 2.45) is 11.8 Å². The van der Waals surface area contributed by atoms with Crippen LogP contribution in [0.4, 0.5) is 27.8 Å². The Morgan fingerprint density at radius 3 is 2.39 bits per heavy atom. The molecule has 4 rings (SSSR count). The number of hydrogen-bond donors (Lipinski definition) is 1. The zero-order chi connectivity index (χ0) is 24.1. The molecule has 3 atom stereocenters. The van der Waals surface area contributed by atoms with Crippen molar-refractivity contribution < 1.29 is 22.0 Å². The van der Waals surface area contributed by atoms with Gasteiger partial charge in [-0.2, -0.15) is 18.3 Å². The van der Waals surface area contributed by atoms with Crippen molar-refractivity contribution in [3.05, 3.63) is 29.6 Å². The topological polar surface area (TPSA) is 60.0 Å². The van der Waals surface area contributed by atoms with Crippen molar-refractivity contribution in [1.82, 2.24) is 19.7 Å². The molecule has 3 unspecified atom stereocenters. The lowest BCUT2D eigenvalue weighted by Crippen LogP contribution is -2.38. The SMILES string of the molecule is CCC(C)n1nc(-c2cnc(N)c(C(F)(F)F)c2)cc1C1C2CC(N(CC)CC(F)F)CC21. The number of anilines is 1. The molecule has 0 aromatic carbocycles. The molecular weight excluding hydrogens is 441 g/mol.